The van der Waals surface area contributed by atoms with Gasteiger partial charge in [0.1, 0.15) is 5.75 Å². The van der Waals surface area contributed by atoms with Crippen LogP contribution in [0.5, 0.6) is 5.75 Å². The van der Waals surface area contributed by atoms with Crippen molar-refractivity contribution in [3.8, 4) is 5.75 Å². The summed E-state index contributed by atoms with van der Waals surface area (Å²) in [4.78, 5) is 14.9. The highest BCUT2D eigenvalue weighted by atomic mass is 32.2. The highest BCUT2D eigenvalue weighted by Gasteiger charge is 2.23. The molecule has 1 aromatic rings. The van der Waals surface area contributed by atoms with Crippen LogP contribution in [0.15, 0.2) is 24.3 Å². The monoisotopic (exact) mass is 411 g/mol. The van der Waals surface area contributed by atoms with Crippen molar-refractivity contribution in [1.29, 1.82) is 0 Å². The summed E-state index contributed by atoms with van der Waals surface area (Å²) >= 11 is 0. The van der Waals surface area contributed by atoms with Crippen LogP contribution in [0.4, 0.5) is 0 Å². The molecule has 0 aliphatic carbocycles. The van der Waals surface area contributed by atoms with Gasteiger partial charge in [0.2, 0.25) is 5.91 Å². The first-order valence-electron chi connectivity index (χ1n) is 10.2. The van der Waals surface area contributed by atoms with Crippen molar-refractivity contribution in [2.24, 2.45) is 11.3 Å². The van der Waals surface area contributed by atoms with E-state index >= 15 is 0 Å². The SMILES string of the molecule is CC[C@H](C)N(Cc1ccc(OS(=O)(=O)CC)cc1)C(=O)C[C@H](C)CC(C)(C)C. The van der Waals surface area contributed by atoms with Crippen LogP contribution in [-0.4, -0.2) is 31.0 Å². The van der Waals surface area contributed by atoms with E-state index < -0.39 is 10.1 Å². The Morgan fingerprint density at radius 1 is 1.11 bits per heavy atom. The zero-order valence-electron chi connectivity index (χ0n) is 18.5. The Hall–Kier alpha value is -1.56. The Balaban J connectivity index is 2.85. The maximum absolute atomic E-state index is 13.0. The molecule has 0 saturated heterocycles. The van der Waals surface area contributed by atoms with Gasteiger partial charge >= 0.3 is 10.1 Å². The number of hydrogen-bond donors (Lipinski definition) is 0. The maximum atomic E-state index is 13.0. The fraction of sp³-hybridized carbons (Fsp3) is 0.682. The lowest BCUT2D eigenvalue weighted by Crippen LogP contribution is -2.38. The Kier molecular flexibility index (Phi) is 8.99. The lowest BCUT2D eigenvalue weighted by Gasteiger charge is -2.31. The average Bonchev–Trinajstić information content (AvgIpc) is 2.58. The summed E-state index contributed by atoms with van der Waals surface area (Å²) in [5.41, 5.74) is 1.16. The molecule has 0 radical (unpaired) electrons. The average molecular weight is 412 g/mol. The van der Waals surface area contributed by atoms with Crippen molar-refractivity contribution >= 4 is 16.0 Å². The van der Waals surface area contributed by atoms with Gasteiger partial charge in [-0.3, -0.25) is 4.79 Å². The summed E-state index contributed by atoms with van der Waals surface area (Å²) in [5.74, 6) is 0.720. The van der Waals surface area contributed by atoms with Crippen LogP contribution in [0.3, 0.4) is 0 Å². The predicted molar refractivity (Wildman–Crippen MR) is 115 cm³/mol. The van der Waals surface area contributed by atoms with Crippen LogP contribution in [0.2, 0.25) is 0 Å². The van der Waals surface area contributed by atoms with E-state index in [0.717, 1.165) is 18.4 Å². The van der Waals surface area contributed by atoms with Crippen LogP contribution < -0.4 is 4.18 Å². The van der Waals surface area contributed by atoms with Gasteiger partial charge in [0.15, 0.2) is 0 Å². The molecule has 0 saturated carbocycles. The number of nitrogens with zero attached hydrogens (tertiary/aromatic N) is 1. The van der Waals surface area contributed by atoms with E-state index in [2.05, 4.69) is 41.5 Å². The van der Waals surface area contributed by atoms with E-state index in [-0.39, 0.29) is 23.1 Å². The van der Waals surface area contributed by atoms with E-state index in [4.69, 9.17) is 4.18 Å². The van der Waals surface area contributed by atoms with E-state index in [9.17, 15) is 13.2 Å². The van der Waals surface area contributed by atoms with E-state index in [1.54, 1.807) is 19.1 Å². The third kappa shape index (κ3) is 8.63. The molecule has 2 atom stereocenters. The molecular weight excluding hydrogens is 374 g/mol. The van der Waals surface area contributed by atoms with Crippen molar-refractivity contribution < 1.29 is 17.4 Å². The lowest BCUT2D eigenvalue weighted by atomic mass is 9.84. The number of carbonyl (C=O) groups is 1. The maximum Gasteiger partial charge on any atom is 0.308 e. The molecule has 0 fully saturated rings. The van der Waals surface area contributed by atoms with Crippen LogP contribution in [-0.2, 0) is 21.5 Å². The van der Waals surface area contributed by atoms with Crippen molar-refractivity contribution in [3.05, 3.63) is 29.8 Å². The summed E-state index contributed by atoms with van der Waals surface area (Å²) in [6.45, 7) is 14.9. The third-order valence-corrected chi connectivity index (χ3v) is 5.93. The van der Waals surface area contributed by atoms with Gasteiger partial charge in [-0.15, -0.1) is 0 Å². The third-order valence-electron chi connectivity index (χ3n) is 4.78. The number of hydrogen-bond acceptors (Lipinski definition) is 4. The van der Waals surface area contributed by atoms with Crippen LogP contribution >= 0.6 is 0 Å². The Labute approximate surface area is 171 Å². The molecule has 1 amide bonds. The van der Waals surface area contributed by atoms with Crippen molar-refractivity contribution in [1.82, 2.24) is 4.90 Å². The second-order valence-electron chi connectivity index (χ2n) is 8.93. The minimum Gasteiger partial charge on any atom is -0.382 e. The standard InChI is InChI=1S/C22H37NO4S/c1-8-18(4)23(21(24)14-17(3)15-22(5,6)7)16-19-10-12-20(13-11-19)27-28(25,26)9-2/h10-13,17-18H,8-9,14-16H2,1-7H3/t17-,18-/m0/s1. The molecule has 0 heterocycles. The minimum absolute atomic E-state index is 0.0716. The summed E-state index contributed by atoms with van der Waals surface area (Å²) in [5, 5.41) is 0. The molecule has 1 rings (SSSR count). The molecule has 0 N–H and O–H groups in total. The zero-order valence-corrected chi connectivity index (χ0v) is 19.3. The minimum atomic E-state index is -3.53. The molecule has 160 valence electrons. The second kappa shape index (κ2) is 10.3. The molecule has 5 nitrogen and oxygen atoms in total. The molecule has 28 heavy (non-hydrogen) atoms. The van der Waals surface area contributed by atoms with Gasteiger partial charge in [0.05, 0.1) is 5.75 Å². The summed E-state index contributed by atoms with van der Waals surface area (Å²) in [7, 11) is -3.53. The fourth-order valence-corrected chi connectivity index (χ4v) is 3.82. The lowest BCUT2D eigenvalue weighted by molar-refractivity contribution is -0.135. The van der Waals surface area contributed by atoms with Gasteiger partial charge in [-0.1, -0.05) is 46.8 Å². The normalized spacial score (nSPS) is 14.4. The number of benzene rings is 1. The Bertz CT molecular complexity index is 720. The van der Waals surface area contributed by atoms with E-state index in [1.807, 2.05) is 17.0 Å². The molecule has 1 aromatic carbocycles. The Morgan fingerprint density at radius 2 is 1.68 bits per heavy atom. The van der Waals surface area contributed by atoms with Crippen molar-refractivity contribution in [2.75, 3.05) is 5.75 Å². The van der Waals surface area contributed by atoms with Gasteiger partial charge in [-0.25, -0.2) is 0 Å². The second-order valence-corrected chi connectivity index (χ2v) is 10.8. The van der Waals surface area contributed by atoms with Gasteiger partial charge in [0.25, 0.3) is 0 Å². The van der Waals surface area contributed by atoms with E-state index in [0.29, 0.717) is 24.6 Å². The predicted octanol–water partition coefficient (Wildman–Crippen LogP) is 5.00. The number of carbonyl (C=O) groups excluding carboxylic acids is 1. The highest BCUT2D eigenvalue weighted by molar-refractivity contribution is 7.87. The van der Waals surface area contributed by atoms with Gasteiger partial charge in [-0.05, 0) is 55.7 Å². The Morgan fingerprint density at radius 3 is 2.14 bits per heavy atom. The molecule has 0 bridgehead atoms. The molecule has 0 spiro atoms. The quantitative estimate of drug-likeness (QED) is 0.508. The van der Waals surface area contributed by atoms with Crippen LogP contribution in [0.25, 0.3) is 0 Å². The molecule has 0 aromatic heterocycles. The summed E-state index contributed by atoms with van der Waals surface area (Å²) < 4.78 is 28.2. The molecule has 0 unspecified atom stereocenters. The first-order valence-corrected chi connectivity index (χ1v) is 11.7. The van der Waals surface area contributed by atoms with Crippen LogP contribution in [0.1, 0.15) is 73.3 Å². The molecule has 0 aliphatic rings. The van der Waals surface area contributed by atoms with Gasteiger partial charge in [0, 0.05) is 19.0 Å². The zero-order chi connectivity index (χ0) is 21.5. The number of rotatable bonds is 10. The van der Waals surface area contributed by atoms with Gasteiger partial charge in [-0.2, -0.15) is 8.42 Å². The smallest absolute Gasteiger partial charge is 0.308 e. The van der Waals surface area contributed by atoms with Crippen LogP contribution in [0, 0.1) is 11.3 Å². The highest BCUT2D eigenvalue weighted by Crippen LogP contribution is 2.27. The van der Waals surface area contributed by atoms with Gasteiger partial charge < -0.3 is 9.08 Å². The van der Waals surface area contributed by atoms with Crippen molar-refractivity contribution in [3.63, 3.8) is 0 Å². The topological polar surface area (TPSA) is 63.7 Å². The largest absolute Gasteiger partial charge is 0.382 e. The summed E-state index contributed by atoms with van der Waals surface area (Å²) in [6, 6.07) is 7.07. The molecular formula is C22H37NO4S. The van der Waals surface area contributed by atoms with Crippen molar-refractivity contribution in [2.45, 2.75) is 80.3 Å². The first-order chi connectivity index (χ1) is 12.9. The molecule has 6 heteroatoms. The number of amides is 1. The fourth-order valence-electron chi connectivity index (χ4n) is 3.30. The summed E-state index contributed by atoms with van der Waals surface area (Å²) in [6.07, 6.45) is 2.43. The van der Waals surface area contributed by atoms with E-state index in [1.165, 1.54) is 0 Å². The molecule has 0 aliphatic heterocycles. The first kappa shape index (κ1) is 24.5.